The van der Waals surface area contributed by atoms with Crippen LogP contribution in [0.3, 0.4) is 0 Å². The van der Waals surface area contributed by atoms with Crippen molar-refractivity contribution in [2.24, 2.45) is 5.41 Å². The van der Waals surface area contributed by atoms with Gasteiger partial charge >= 0.3 is 0 Å². The number of aryl methyl sites for hydroxylation is 3. The number of ether oxygens (including phenoxy) is 1. The lowest BCUT2D eigenvalue weighted by molar-refractivity contribution is 0.0386. The number of rotatable bonds is 8. The molecule has 2 aromatic rings. The van der Waals surface area contributed by atoms with Crippen LogP contribution in [0, 0.1) is 19.3 Å². The molecular formula is C23H34N2OS. The van der Waals surface area contributed by atoms with E-state index in [9.17, 15) is 0 Å². The number of hydrogen-bond acceptors (Lipinski definition) is 4. The average molecular weight is 387 g/mol. The fourth-order valence-corrected chi connectivity index (χ4v) is 5.03. The molecular weight excluding hydrogens is 352 g/mol. The highest BCUT2D eigenvalue weighted by Gasteiger charge is 2.43. The van der Waals surface area contributed by atoms with Gasteiger partial charge in [0.1, 0.15) is 0 Å². The van der Waals surface area contributed by atoms with Gasteiger partial charge in [-0.3, -0.25) is 9.88 Å². The van der Waals surface area contributed by atoms with Gasteiger partial charge in [-0.1, -0.05) is 6.07 Å². The summed E-state index contributed by atoms with van der Waals surface area (Å²) in [5.74, 6) is 0. The first-order chi connectivity index (χ1) is 12.8. The molecule has 0 aromatic carbocycles. The van der Waals surface area contributed by atoms with E-state index < -0.39 is 0 Å². The monoisotopic (exact) mass is 386 g/mol. The van der Waals surface area contributed by atoms with E-state index in [-0.39, 0.29) is 11.0 Å². The Bertz CT molecular complexity index is 737. The molecule has 3 nitrogen and oxygen atoms in total. The number of pyridine rings is 1. The van der Waals surface area contributed by atoms with E-state index in [0.717, 1.165) is 38.4 Å². The second kappa shape index (κ2) is 8.42. The highest BCUT2D eigenvalue weighted by Crippen LogP contribution is 2.42. The number of hydrogen-bond donors (Lipinski definition) is 0. The van der Waals surface area contributed by atoms with Crippen LogP contribution in [0.2, 0.25) is 0 Å². The van der Waals surface area contributed by atoms with Crippen LogP contribution in [0.25, 0.3) is 0 Å². The maximum atomic E-state index is 5.96. The number of aromatic nitrogens is 1. The van der Waals surface area contributed by atoms with E-state index in [1.165, 1.54) is 28.8 Å². The molecule has 0 aliphatic carbocycles. The summed E-state index contributed by atoms with van der Waals surface area (Å²) in [6.07, 6.45) is 5.62. The van der Waals surface area contributed by atoms with Crippen LogP contribution in [0.15, 0.2) is 29.8 Å². The molecule has 3 heterocycles. The van der Waals surface area contributed by atoms with Crippen molar-refractivity contribution in [3.8, 4) is 0 Å². The summed E-state index contributed by atoms with van der Waals surface area (Å²) < 4.78 is 5.96. The van der Waals surface area contributed by atoms with Crippen LogP contribution in [-0.4, -0.2) is 36.2 Å². The zero-order valence-corrected chi connectivity index (χ0v) is 18.4. The minimum Gasteiger partial charge on any atom is -0.381 e. The predicted octanol–water partition coefficient (Wildman–Crippen LogP) is 5.36. The Hall–Kier alpha value is -1.23. The van der Waals surface area contributed by atoms with Crippen molar-refractivity contribution in [1.29, 1.82) is 0 Å². The molecule has 1 aliphatic heterocycles. The van der Waals surface area contributed by atoms with E-state index >= 15 is 0 Å². The van der Waals surface area contributed by atoms with Crippen LogP contribution in [-0.2, 0) is 16.7 Å². The molecule has 3 rings (SSSR count). The zero-order chi connectivity index (χ0) is 19.5. The lowest BCUT2D eigenvalue weighted by Gasteiger charge is -2.38. The summed E-state index contributed by atoms with van der Waals surface area (Å²) in [6, 6.07) is 6.70. The van der Waals surface area contributed by atoms with Crippen molar-refractivity contribution < 1.29 is 4.74 Å². The lowest BCUT2D eigenvalue weighted by Crippen LogP contribution is -2.42. The van der Waals surface area contributed by atoms with Gasteiger partial charge in [0.15, 0.2) is 0 Å². The molecule has 0 radical (unpaired) electrons. The minimum atomic E-state index is -0.00577. The first kappa shape index (κ1) is 20.5. The van der Waals surface area contributed by atoms with Crippen LogP contribution >= 0.6 is 11.3 Å². The van der Waals surface area contributed by atoms with Gasteiger partial charge < -0.3 is 4.74 Å². The van der Waals surface area contributed by atoms with Gasteiger partial charge in [0.05, 0.1) is 6.61 Å². The number of thiophene rings is 1. The molecule has 0 amide bonds. The third-order valence-corrected chi connectivity index (χ3v) is 7.26. The highest BCUT2D eigenvalue weighted by molar-refractivity contribution is 7.10. The Morgan fingerprint density at radius 3 is 2.74 bits per heavy atom. The molecule has 0 N–H and O–H groups in total. The van der Waals surface area contributed by atoms with Gasteiger partial charge in [-0.05, 0) is 89.1 Å². The fourth-order valence-electron chi connectivity index (χ4n) is 4.15. The maximum absolute atomic E-state index is 5.96. The van der Waals surface area contributed by atoms with Crippen molar-refractivity contribution in [1.82, 2.24) is 9.88 Å². The molecule has 1 atom stereocenters. The first-order valence-electron chi connectivity index (χ1n) is 10.1. The normalized spacial score (nSPS) is 21.1. The Balaban J connectivity index is 1.73. The molecule has 2 aromatic heterocycles. The fraction of sp³-hybridized carbons (Fsp3) is 0.609. The van der Waals surface area contributed by atoms with Gasteiger partial charge in [-0.25, -0.2) is 0 Å². The van der Waals surface area contributed by atoms with E-state index in [4.69, 9.17) is 4.74 Å². The summed E-state index contributed by atoms with van der Waals surface area (Å²) in [4.78, 5) is 8.67. The van der Waals surface area contributed by atoms with Crippen LogP contribution in [0.4, 0.5) is 0 Å². The zero-order valence-electron chi connectivity index (χ0n) is 17.5. The Morgan fingerprint density at radius 2 is 2.11 bits per heavy atom. The highest BCUT2D eigenvalue weighted by atomic mass is 32.1. The third-order valence-electron chi connectivity index (χ3n) is 6.15. The topological polar surface area (TPSA) is 25.4 Å². The quantitative estimate of drug-likeness (QED) is 0.611. The minimum absolute atomic E-state index is 0.00577. The van der Waals surface area contributed by atoms with E-state index in [0.29, 0.717) is 0 Å². The molecule has 1 saturated heterocycles. The second-order valence-corrected chi connectivity index (χ2v) is 9.64. The Morgan fingerprint density at radius 1 is 1.30 bits per heavy atom. The van der Waals surface area contributed by atoms with E-state index in [2.05, 4.69) is 61.2 Å². The number of likely N-dealkylation sites (tertiary alicyclic amines) is 1. The molecule has 27 heavy (non-hydrogen) atoms. The van der Waals surface area contributed by atoms with Gasteiger partial charge in [-0.2, -0.15) is 0 Å². The smallest absolute Gasteiger partial charge is 0.0535 e. The predicted molar refractivity (Wildman–Crippen MR) is 114 cm³/mol. The van der Waals surface area contributed by atoms with Crippen LogP contribution in [0.1, 0.15) is 55.3 Å². The molecule has 1 fully saturated rings. The standard InChI is InChI=1S/C23H34N2OS/c1-6-26-17-23(10-9-21-13-18(2)15-27-21)11-12-25(16-23)22(4,5)20-8-7-19(3)24-14-20/h7-8,13-15H,6,9-12,16-17H2,1-5H3/t23-/m1/s1. The largest absolute Gasteiger partial charge is 0.381 e. The van der Waals surface area contributed by atoms with Gasteiger partial charge in [0.2, 0.25) is 0 Å². The van der Waals surface area contributed by atoms with Crippen molar-refractivity contribution in [2.75, 3.05) is 26.3 Å². The van der Waals surface area contributed by atoms with Crippen LogP contribution < -0.4 is 0 Å². The van der Waals surface area contributed by atoms with Crippen molar-refractivity contribution in [2.45, 2.75) is 59.4 Å². The van der Waals surface area contributed by atoms with E-state index in [1.807, 2.05) is 24.5 Å². The molecule has 0 bridgehead atoms. The van der Waals surface area contributed by atoms with Gasteiger partial charge in [0.25, 0.3) is 0 Å². The SMILES string of the molecule is CCOC[C@]1(CCc2cc(C)cs2)CCN(C(C)(C)c2ccc(C)nc2)C1. The molecule has 1 aliphatic rings. The van der Waals surface area contributed by atoms with Crippen LogP contribution in [0.5, 0.6) is 0 Å². The van der Waals surface area contributed by atoms with Crippen molar-refractivity contribution in [3.63, 3.8) is 0 Å². The molecule has 0 saturated carbocycles. The molecule has 0 unspecified atom stereocenters. The van der Waals surface area contributed by atoms with Crippen molar-refractivity contribution >= 4 is 11.3 Å². The van der Waals surface area contributed by atoms with Crippen molar-refractivity contribution in [3.05, 3.63) is 51.5 Å². The summed E-state index contributed by atoms with van der Waals surface area (Å²) in [5, 5.41) is 2.26. The molecule has 148 valence electrons. The molecule has 4 heteroatoms. The summed E-state index contributed by atoms with van der Waals surface area (Å²) >= 11 is 1.90. The van der Waals surface area contributed by atoms with E-state index in [1.54, 1.807) is 0 Å². The Kier molecular flexibility index (Phi) is 6.39. The second-order valence-electron chi connectivity index (χ2n) is 8.65. The van der Waals surface area contributed by atoms with Gasteiger partial charge in [-0.15, -0.1) is 11.3 Å². The summed E-state index contributed by atoms with van der Waals surface area (Å²) in [6.45, 7) is 14.9. The summed E-state index contributed by atoms with van der Waals surface area (Å²) in [7, 11) is 0. The lowest BCUT2D eigenvalue weighted by atomic mass is 9.82. The Labute approximate surface area is 168 Å². The third kappa shape index (κ3) is 4.79. The number of nitrogens with zero attached hydrogens (tertiary/aromatic N) is 2. The maximum Gasteiger partial charge on any atom is 0.0535 e. The first-order valence-corrected chi connectivity index (χ1v) is 11.0. The van der Waals surface area contributed by atoms with Gasteiger partial charge in [0, 0.05) is 40.9 Å². The summed E-state index contributed by atoms with van der Waals surface area (Å²) in [5.41, 5.74) is 4.01. The molecule has 0 spiro atoms. The average Bonchev–Trinajstić information content (AvgIpc) is 3.26.